The van der Waals surface area contributed by atoms with Gasteiger partial charge in [0.15, 0.2) is 0 Å². The molecule has 0 radical (unpaired) electrons. The van der Waals surface area contributed by atoms with Crippen molar-refractivity contribution in [3.63, 3.8) is 0 Å². The molecule has 0 unspecified atom stereocenters. The van der Waals surface area contributed by atoms with Crippen LogP contribution in [0.1, 0.15) is 43.1 Å². The van der Waals surface area contributed by atoms with Gasteiger partial charge in [0, 0.05) is 31.2 Å². The van der Waals surface area contributed by atoms with Crippen molar-refractivity contribution in [2.75, 3.05) is 20.1 Å². The average Bonchev–Trinajstić information content (AvgIpc) is 2.96. The highest BCUT2D eigenvalue weighted by Gasteiger charge is 2.23. The number of hydrogen-bond acceptors (Lipinski definition) is 3. The van der Waals surface area contributed by atoms with Gasteiger partial charge < -0.3 is 10.2 Å². The predicted octanol–water partition coefficient (Wildman–Crippen LogP) is 1.66. The maximum Gasteiger partial charge on any atom is 0.221 e. The van der Waals surface area contributed by atoms with Gasteiger partial charge >= 0.3 is 0 Å². The molecule has 1 fully saturated rings. The molecule has 21 heavy (non-hydrogen) atoms. The Balaban J connectivity index is 1.79. The molecule has 0 spiro atoms. The quantitative estimate of drug-likeness (QED) is 0.867. The number of nitrogens with zero attached hydrogens (tertiary/aromatic N) is 3. The highest BCUT2D eigenvalue weighted by Crippen LogP contribution is 2.17. The summed E-state index contributed by atoms with van der Waals surface area (Å²) in [5, 5.41) is 7.57. The lowest BCUT2D eigenvalue weighted by atomic mass is 10.1. The standard InChI is InChI=1S/C16H28N4O/c1-5-20-13(3)15(12(2)18-20)8-9-17-16(21)11-14-7-6-10-19(14)4/h14H,5-11H2,1-4H3,(H,17,21)/t14-/m1/s1. The Morgan fingerprint density at radius 1 is 1.43 bits per heavy atom. The minimum Gasteiger partial charge on any atom is -0.356 e. The number of nitrogens with one attached hydrogen (secondary N) is 1. The fourth-order valence-electron chi connectivity index (χ4n) is 3.25. The Labute approximate surface area is 127 Å². The van der Waals surface area contributed by atoms with Crippen molar-refractivity contribution in [2.24, 2.45) is 0 Å². The Morgan fingerprint density at radius 3 is 2.76 bits per heavy atom. The van der Waals surface area contributed by atoms with Gasteiger partial charge in [-0.15, -0.1) is 0 Å². The van der Waals surface area contributed by atoms with Crippen LogP contribution >= 0.6 is 0 Å². The van der Waals surface area contributed by atoms with Crippen molar-refractivity contribution in [3.05, 3.63) is 17.0 Å². The summed E-state index contributed by atoms with van der Waals surface area (Å²) in [7, 11) is 2.11. The molecule has 1 saturated heterocycles. The summed E-state index contributed by atoms with van der Waals surface area (Å²) in [6.07, 6.45) is 3.85. The van der Waals surface area contributed by atoms with E-state index in [9.17, 15) is 4.79 Å². The smallest absolute Gasteiger partial charge is 0.221 e. The third kappa shape index (κ3) is 3.84. The number of hydrogen-bond donors (Lipinski definition) is 1. The molecule has 1 amide bonds. The lowest BCUT2D eigenvalue weighted by molar-refractivity contribution is -0.122. The predicted molar refractivity (Wildman–Crippen MR) is 84.4 cm³/mol. The zero-order chi connectivity index (χ0) is 15.4. The molecule has 1 aromatic rings. The minimum absolute atomic E-state index is 0.173. The molecule has 118 valence electrons. The molecule has 1 aliphatic rings. The number of rotatable bonds is 6. The first-order valence-electron chi connectivity index (χ1n) is 8.02. The molecule has 0 aliphatic carbocycles. The van der Waals surface area contributed by atoms with E-state index in [1.807, 2.05) is 11.6 Å². The molecular formula is C16H28N4O. The van der Waals surface area contributed by atoms with E-state index in [-0.39, 0.29) is 5.91 Å². The topological polar surface area (TPSA) is 50.2 Å². The normalized spacial score (nSPS) is 19.1. The highest BCUT2D eigenvalue weighted by atomic mass is 16.1. The first-order chi connectivity index (χ1) is 10.0. The average molecular weight is 292 g/mol. The van der Waals surface area contributed by atoms with E-state index in [4.69, 9.17) is 0 Å². The maximum absolute atomic E-state index is 12.0. The Bertz CT molecular complexity index is 495. The Hall–Kier alpha value is -1.36. The molecular weight excluding hydrogens is 264 g/mol. The first kappa shape index (κ1) is 16.0. The SMILES string of the molecule is CCn1nc(C)c(CCNC(=O)C[C@H]2CCCN2C)c1C. The number of amides is 1. The number of carbonyl (C=O) groups excluding carboxylic acids is 1. The summed E-state index contributed by atoms with van der Waals surface area (Å²) in [5.74, 6) is 0.173. The molecule has 0 bridgehead atoms. The Kier molecular flexibility index (Phi) is 5.39. The third-order valence-electron chi connectivity index (χ3n) is 4.62. The summed E-state index contributed by atoms with van der Waals surface area (Å²) in [6, 6.07) is 0.427. The van der Waals surface area contributed by atoms with Crippen LogP contribution in [-0.2, 0) is 17.8 Å². The van der Waals surface area contributed by atoms with Gasteiger partial charge in [0.05, 0.1) is 5.69 Å². The molecule has 1 aliphatic heterocycles. The number of carbonyl (C=O) groups is 1. The van der Waals surface area contributed by atoms with E-state index >= 15 is 0 Å². The number of aromatic nitrogens is 2. The van der Waals surface area contributed by atoms with E-state index < -0.39 is 0 Å². The van der Waals surface area contributed by atoms with Crippen molar-refractivity contribution < 1.29 is 4.79 Å². The number of aryl methyl sites for hydroxylation is 2. The molecule has 0 saturated carbocycles. The van der Waals surface area contributed by atoms with Gasteiger partial charge in [-0.2, -0.15) is 5.10 Å². The first-order valence-corrected chi connectivity index (χ1v) is 8.02. The van der Waals surface area contributed by atoms with Crippen molar-refractivity contribution in [1.29, 1.82) is 0 Å². The molecule has 1 N–H and O–H groups in total. The van der Waals surface area contributed by atoms with Crippen LogP contribution in [0.5, 0.6) is 0 Å². The largest absolute Gasteiger partial charge is 0.356 e. The Morgan fingerprint density at radius 2 is 2.19 bits per heavy atom. The van der Waals surface area contributed by atoms with Gasteiger partial charge in [0.25, 0.3) is 0 Å². The highest BCUT2D eigenvalue weighted by molar-refractivity contribution is 5.76. The summed E-state index contributed by atoms with van der Waals surface area (Å²) in [5.41, 5.74) is 3.58. The molecule has 5 nitrogen and oxygen atoms in total. The van der Waals surface area contributed by atoms with Gasteiger partial charge in [-0.25, -0.2) is 0 Å². The molecule has 5 heteroatoms. The van der Waals surface area contributed by atoms with Crippen LogP contribution in [0.3, 0.4) is 0 Å². The minimum atomic E-state index is 0.173. The van der Waals surface area contributed by atoms with Crippen LogP contribution < -0.4 is 5.32 Å². The molecule has 0 aromatic carbocycles. The van der Waals surface area contributed by atoms with Gasteiger partial charge in [-0.3, -0.25) is 9.48 Å². The van der Waals surface area contributed by atoms with E-state index in [0.717, 1.165) is 31.6 Å². The molecule has 1 atom stereocenters. The van der Waals surface area contributed by atoms with Gasteiger partial charge in [-0.05, 0) is 59.2 Å². The van der Waals surface area contributed by atoms with E-state index in [0.29, 0.717) is 19.0 Å². The second kappa shape index (κ2) is 7.07. The van der Waals surface area contributed by atoms with Crippen LogP contribution in [0.4, 0.5) is 0 Å². The van der Waals surface area contributed by atoms with Crippen molar-refractivity contribution in [3.8, 4) is 0 Å². The summed E-state index contributed by atoms with van der Waals surface area (Å²) in [6.45, 7) is 8.97. The molecule has 2 heterocycles. The number of likely N-dealkylation sites (tertiary alicyclic amines) is 1. The van der Waals surface area contributed by atoms with Gasteiger partial charge in [0.2, 0.25) is 5.91 Å². The lowest BCUT2D eigenvalue weighted by Crippen LogP contribution is -2.34. The van der Waals surface area contributed by atoms with Gasteiger partial charge in [-0.1, -0.05) is 0 Å². The monoisotopic (exact) mass is 292 g/mol. The molecule has 2 rings (SSSR count). The van der Waals surface area contributed by atoms with Crippen LogP contribution in [0.15, 0.2) is 0 Å². The second-order valence-corrected chi connectivity index (χ2v) is 6.05. The fraction of sp³-hybridized carbons (Fsp3) is 0.750. The van der Waals surface area contributed by atoms with Crippen LogP contribution in [0, 0.1) is 13.8 Å². The van der Waals surface area contributed by atoms with E-state index in [2.05, 4.69) is 36.2 Å². The van der Waals surface area contributed by atoms with Crippen molar-refractivity contribution in [2.45, 2.75) is 59.0 Å². The summed E-state index contributed by atoms with van der Waals surface area (Å²) < 4.78 is 2.03. The zero-order valence-corrected chi connectivity index (χ0v) is 13.8. The van der Waals surface area contributed by atoms with Crippen LogP contribution in [0.25, 0.3) is 0 Å². The van der Waals surface area contributed by atoms with E-state index in [1.54, 1.807) is 0 Å². The fourth-order valence-corrected chi connectivity index (χ4v) is 3.25. The maximum atomic E-state index is 12.0. The second-order valence-electron chi connectivity index (χ2n) is 6.05. The van der Waals surface area contributed by atoms with Crippen molar-refractivity contribution in [1.82, 2.24) is 20.0 Å². The summed E-state index contributed by atoms with van der Waals surface area (Å²) >= 11 is 0. The zero-order valence-electron chi connectivity index (χ0n) is 13.8. The summed E-state index contributed by atoms with van der Waals surface area (Å²) in [4.78, 5) is 14.3. The lowest BCUT2D eigenvalue weighted by Gasteiger charge is -2.18. The van der Waals surface area contributed by atoms with E-state index in [1.165, 1.54) is 17.7 Å². The van der Waals surface area contributed by atoms with Gasteiger partial charge in [0.1, 0.15) is 0 Å². The van der Waals surface area contributed by atoms with Crippen molar-refractivity contribution >= 4 is 5.91 Å². The third-order valence-corrected chi connectivity index (χ3v) is 4.62. The van der Waals surface area contributed by atoms with Crippen LogP contribution in [0.2, 0.25) is 0 Å². The molecule has 1 aromatic heterocycles. The van der Waals surface area contributed by atoms with Crippen LogP contribution in [-0.4, -0.2) is 46.8 Å².